The van der Waals surface area contributed by atoms with Crippen LogP contribution in [-0.2, 0) is 11.8 Å². The molecule has 0 heterocycles. The minimum atomic E-state index is 0.0429. The first kappa shape index (κ1) is 30.5. The van der Waals surface area contributed by atoms with Crippen LogP contribution in [0.25, 0.3) is 0 Å². The van der Waals surface area contributed by atoms with Gasteiger partial charge in [0.25, 0.3) is 0 Å². The third kappa shape index (κ3) is 2.79. The van der Waals surface area contributed by atoms with Crippen molar-refractivity contribution in [1.29, 1.82) is 0 Å². The van der Waals surface area contributed by atoms with Crippen molar-refractivity contribution < 1.29 is 9.47 Å². The van der Waals surface area contributed by atoms with Gasteiger partial charge in [0.1, 0.15) is 11.5 Å². The lowest BCUT2D eigenvalue weighted by Crippen LogP contribution is -2.62. The Bertz CT molecular complexity index is 2340. The monoisotopic (exact) mass is 752 g/mol. The van der Waals surface area contributed by atoms with Crippen LogP contribution in [0.1, 0.15) is 61.6 Å². The van der Waals surface area contributed by atoms with Crippen molar-refractivity contribution >= 4 is 0 Å². The number of methoxy groups -OCH3 is 2. The maximum Gasteiger partial charge on any atom is 0.122 e. The van der Waals surface area contributed by atoms with Gasteiger partial charge >= 0.3 is 0 Å². The Balaban J connectivity index is 0.986. The van der Waals surface area contributed by atoms with Gasteiger partial charge in [-0.1, -0.05) is 47.6 Å². The summed E-state index contributed by atoms with van der Waals surface area (Å²) in [5, 5.41) is 0. The SMILES string of the molecule is COc1ccc(C23C=C4CC5CC6CC7CC8CC9CC%10CC(=C2)C2(Cc%11ccc(C)cc%11OC)C%10C%10C9C9C8C7C7C6C6C5C4C4C5C6C7C9C%10C5C2C43)cc1. The van der Waals surface area contributed by atoms with Gasteiger partial charge in [-0.2, -0.15) is 0 Å². The zero-order valence-corrected chi connectivity index (χ0v) is 34.2. The van der Waals surface area contributed by atoms with Crippen molar-refractivity contribution in [3.05, 3.63) is 82.5 Å². The van der Waals surface area contributed by atoms with E-state index < -0.39 is 0 Å². The highest BCUT2D eigenvalue weighted by Gasteiger charge is 2.89. The number of ether oxygens (including phenoxy) is 2. The van der Waals surface area contributed by atoms with Gasteiger partial charge in [0.05, 0.1) is 14.2 Å². The van der Waals surface area contributed by atoms with E-state index in [1.807, 2.05) is 25.4 Å². The highest BCUT2D eigenvalue weighted by atomic mass is 16.5. The Labute approximate surface area is 339 Å². The summed E-state index contributed by atoms with van der Waals surface area (Å²) < 4.78 is 12.3. The van der Waals surface area contributed by atoms with Gasteiger partial charge in [0, 0.05) is 10.8 Å². The number of allylic oxidation sites excluding steroid dienone is 4. The third-order valence-electron chi connectivity index (χ3n) is 25.3. The van der Waals surface area contributed by atoms with Crippen molar-refractivity contribution in [3.8, 4) is 11.5 Å². The first-order valence-electron chi connectivity index (χ1n) is 24.7. The van der Waals surface area contributed by atoms with Gasteiger partial charge < -0.3 is 9.47 Å². The summed E-state index contributed by atoms with van der Waals surface area (Å²) in [5.41, 5.74) is 8.84. The molecule has 16 aliphatic rings. The molecule has 0 amide bonds. The molecule has 0 aliphatic heterocycles. The van der Waals surface area contributed by atoms with E-state index in [4.69, 9.17) is 9.47 Å². The summed E-state index contributed by atoms with van der Waals surface area (Å²) in [6.45, 7) is 2.28. The molecule has 292 valence electrons. The summed E-state index contributed by atoms with van der Waals surface area (Å²) in [4.78, 5) is 0. The van der Waals surface area contributed by atoms with Crippen molar-refractivity contribution in [2.24, 2.45) is 159 Å². The molecule has 0 spiro atoms. The van der Waals surface area contributed by atoms with Crippen molar-refractivity contribution in [1.82, 2.24) is 0 Å². The van der Waals surface area contributed by atoms with E-state index >= 15 is 0 Å². The Morgan fingerprint density at radius 2 is 1.12 bits per heavy atom. The average Bonchev–Trinajstić information content (AvgIpc) is 4.06. The van der Waals surface area contributed by atoms with Crippen LogP contribution in [-0.4, -0.2) is 14.2 Å². The highest BCUT2D eigenvalue weighted by molar-refractivity contribution is 5.56. The van der Waals surface area contributed by atoms with Crippen LogP contribution in [0.5, 0.6) is 11.5 Å². The number of hydrogen-bond acceptors (Lipinski definition) is 2. The zero-order chi connectivity index (χ0) is 36.5. The van der Waals surface area contributed by atoms with Crippen LogP contribution in [0.15, 0.2) is 65.8 Å². The molecule has 0 aromatic heterocycles. The lowest BCUT2D eigenvalue weighted by Gasteiger charge is -2.65. The van der Waals surface area contributed by atoms with E-state index in [2.05, 4.69) is 61.5 Å². The largest absolute Gasteiger partial charge is 0.497 e. The maximum absolute atomic E-state index is 6.42. The molecular formula is C55H60O2. The molecule has 0 saturated heterocycles. The standard InChI is InChI=1S/C55H60O2/c1-21-4-5-22(33(10-21)57-3)19-55-31-17-28-15-26-13-24-11-23-12-25-14-27-16-29-18-54(20-31,30-6-8-32(56-2)9-7-30)52-49-39(29)36(27)41-37(25)40-34(23)35(24)42-38(26)48(51(28)55)46-45(42)43(40)44(41)47(49)50(46)53(52)55/h4-10,18,20,23-28,34-53H,11-17,19H2,1-3H3. The Morgan fingerprint density at radius 3 is 1.84 bits per heavy atom. The molecule has 28 atom stereocenters. The van der Waals surface area contributed by atoms with Crippen molar-refractivity contribution in [2.45, 2.75) is 63.7 Å². The predicted octanol–water partition coefficient (Wildman–Crippen LogP) is 10.3. The zero-order valence-electron chi connectivity index (χ0n) is 34.2. The smallest absolute Gasteiger partial charge is 0.122 e. The van der Waals surface area contributed by atoms with Gasteiger partial charge in [0.2, 0.25) is 0 Å². The van der Waals surface area contributed by atoms with E-state index in [1.165, 1.54) is 30.6 Å². The lowest BCUT2D eigenvalue weighted by atomic mass is 9.38. The van der Waals surface area contributed by atoms with Crippen LogP contribution < -0.4 is 9.47 Å². The fourth-order valence-electron chi connectivity index (χ4n) is 26.3. The molecule has 2 heteroatoms. The Hall–Kier alpha value is -2.48. The lowest BCUT2D eigenvalue weighted by molar-refractivity contribution is -0.163. The van der Waals surface area contributed by atoms with Gasteiger partial charge in [0.15, 0.2) is 0 Å². The molecule has 0 N–H and O–H groups in total. The van der Waals surface area contributed by atoms with E-state index in [0.717, 1.165) is 160 Å². The number of hydrogen-bond donors (Lipinski definition) is 0. The summed E-state index contributed by atoms with van der Waals surface area (Å²) in [7, 11) is 3.84. The van der Waals surface area contributed by atoms with Crippen LogP contribution in [0.2, 0.25) is 0 Å². The van der Waals surface area contributed by atoms with E-state index in [-0.39, 0.29) is 5.41 Å². The van der Waals surface area contributed by atoms with E-state index in [0.29, 0.717) is 5.41 Å². The fourth-order valence-corrected chi connectivity index (χ4v) is 26.3. The van der Waals surface area contributed by atoms with Crippen LogP contribution in [0.4, 0.5) is 0 Å². The van der Waals surface area contributed by atoms with E-state index in [9.17, 15) is 0 Å². The molecule has 57 heavy (non-hydrogen) atoms. The normalized spacial score (nSPS) is 64.0. The van der Waals surface area contributed by atoms with Gasteiger partial charge in [-0.15, -0.1) is 0 Å². The summed E-state index contributed by atoms with van der Waals surface area (Å²) in [6, 6.07) is 17.2. The number of rotatable bonds is 5. The molecule has 16 aliphatic carbocycles. The molecule has 18 rings (SSSR count). The Kier molecular flexibility index (Phi) is 4.86. The second-order valence-electron chi connectivity index (χ2n) is 25.1. The highest BCUT2D eigenvalue weighted by Crippen LogP contribution is 2.94. The number of aryl methyl sites for hydroxylation is 1. The van der Waals surface area contributed by atoms with Gasteiger partial charge in [-0.25, -0.2) is 0 Å². The minimum Gasteiger partial charge on any atom is -0.497 e. The molecule has 14 fully saturated rings. The molecule has 0 radical (unpaired) electrons. The second kappa shape index (κ2) is 9.08. The number of benzene rings is 2. The fraction of sp³-hybridized carbons (Fsp3) is 0.709. The first-order valence-corrected chi connectivity index (χ1v) is 24.7. The minimum absolute atomic E-state index is 0.0429. The predicted molar refractivity (Wildman–Crippen MR) is 218 cm³/mol. The summed E-state index contributed by atoms with van der Waals surface area (Å²) >= 11 is 0. The van der Waals surface area contributed by atoms with Crippen LogP contribution in [0.3, 0.4) is 0 Å². The van der Waals surface area contributed by atoms with Gasteiger partial charge in [-0.05, 0) is 247 Å². The van der Waals surface area contributed by atoms with Gasteiger partial charge in [-0.3, -0.25) is 0 Å². The topological polar surface area (TPSA) is 18.5 Å². The first-order chi connectivity index (χ1) is 28.0. The molecule has 2 nitrogen and oxygen atoms in total. The maximum atomic E-state index is 6.42. The summed E-state index contributed by atoms with van der Waals surface area (Å²) in [6.07, 6.45) is 18.5. The molecule has 0 bridgehead atoms. The van der Waals surface area contributed by atoms with Crippen LogP contribution >= 0.6 is 0 Å². The molecular weight excluding hydrogens is 693 g/mol. The van der Waals surface area contributed by atoms with E-state index in [1.54, 1.807) is 43.2 Å². The molecule has 14 saturated carbocycles. The average molecular weight is 753 g/mol. The quantitative estimate of drug-likeness (QED) is 0.283. The van der Waals surface area contributed by atoms with Crippen molar-refractivity contribution in [2.75, 3.05) is 14.2 Å². The molecule has 28 unspecified atom stereocenters. The summed E-state index contributed by atoms with van der Waals surface area (Å²) in [5.74, 6) is 28.8. The van der Waals surface area contributed by atoms with Crippen molar-refractivity contribution in [3.63, 3.8) is 0 Å². The van der Waals surface area contributed by atoms with Crippen LogP contribution in [0, 0.1) is 166 Å². The molecule has 2 aromatic carbocycles. The molecule has 2 aromatic rings. The third-order valence-corrected chi connectivity index (χ3v) is 25.3. The Morgan fingerprint density at radius 1 is 0.526 bits per heavy atom. The second-order valence-corrected chi connectivity index (χ2v) is 25.1.